The molecule has 0 radical (unpaired) electrons. The van der Waals surface area contributed by atoms with Crippen molar-refractivity contribution in [3.8, 4) is 0 Å². The van der Waals surface area contributed by atoms with Gasteiger partial charge in [0.25, 0.3) is 5.56 Å². The first kappa shape index (κ1) is 12.0. The van der Waals surface area contributed by atoms with E-state index in [-0.39, 0.29) is 6.54 Å². The second kappa shape index (κ2) is 4.60. The van der Waals surface area contributed by atoms with E-state index in [1.807, 2.05) is 0 Å². The predicted octanol–water partition coefficient (Wildman–Crippen LogP) is -0.138. The zero-order chi connectivity index (χ0) is 11.6. The molecule has 0 saturated carbocycles. The molecule has 0 aliphatic carbocycles. The van der Waals surface area contributed by atoms with Gasteiger partial charge in [-0.25, -0.2) is 4.79 Å². The van der Waals surface area contributed by atoms with Crippen molar-refractivity contribution in [1.82, 2.24) is 9.55 Å². The second-order valence-corrected chi connectivity index (χ2v) is 4.29. The molecule has 0 bridgehead atoms. The second-order valence-electron chi connectivity index (χ2n) is 3.13. The fraction of sp³-hybridized carbons (Fsp3) is 0.375. The summed E-state index contributed by atoms with van der Waals surface area (Å²) >= 11 is 1.78. The highest BCUT2D eigenvalue weighted by Gasteiger charge is 2.13. The summed E-state index contributed by atoms with van der Waals surface area (Å²) in [6, 6.07) is 0. The molecule has 6 nitrogen and oxygen atoms in total. The number of halogens is 1. The van der Waals surface area contributed by atoms with Gasteiger partial charge in [-0.1, -0.05) is 6.92 Å². The van der Waals surface area contributed by atoms with Gasteiger partial charge >= 0.3 is 11.7 Å². The van der Waals surface area contributed by atoms with Crippen molar-refractivity contribution < 1.29 is 9.90 Å². The summed E-state index contributed by atoms with van der Waals surface area (Å²) in [5, 5.41) is 8.67. The summed E-state index contributed by atoms with van der Waals surface area (Å²) in [5.74, 6) is -1.66. The lowest BCUT2D eigenvalue weighted by atomic mass is 10.2. The molecule has 1 aromatic rings. The van der Waals surface area contributed by atoms with E-state index in [1.165, 1.54) is 17.7 Å². The van der Waals surface area contributed by atoms with Crippen molar-refractivity contribution in [3.05, 3.63) is 30.6 Å². The highest BCUT2D eigenvalue weighted by atomic mass is 127. The van der Waals surface area contributed by atoms with Gasteiger partial charge in [-0.05, 0) is 22.6 Å². The number of rotatable bonds is 3. The molecule has 0 spiro atoms. The van der Waals surface area contributed by atoms with Crippen LogP contribution in [0.2, 0.25) is 0 Å². The highest BCUT2D eigenvalue weighted by molar-refractivity contribution is 14.1. The smallest absolute Gasteiger partial charge is 0.328 e. The van der Waals surface area contributed by atoms with Gasteiger partial charge in [0.15, 0.2) is 0 Å². The Hall–Kier alpha value is -1.12. The van der Waals surface area contributed by atoms with Crippen molar-refractivity contribution >= 4 is 28.6 Å². The molecular formula is C8H9IN2O4. The first-order valence-electron chi connectivity index (χ1n) is 4.14. The number of carboxylic acid groups (broad SMARTS) is 1. The van der Waals surface area contributed by atoms with Gasteiger partial charge in [0, 0.05) is 12.7 Å². The minimum atomic E-state index is -0.983. The Labute approximate surface area is 98.1 Å². The fourth-order valence-corrected chi connectivity index (χ4v) is 1.46. The molecule has 82 valence electrons. The number of aliphatic carboxylic acids is 1. The van der Waals surface area contributed by atoms with E-state index in [4.69, 9.17) is 5.11 Å². The van der Waals surface area contributed by atoms with Gasteiger partial charge in [0.2, 0.25) is 0 Å². The van der Waals surface area contributed by atoms with Gasteiger partial charge in [0.1, 0.15) is 0 Å². The molecule has 0 aliphatic rings. The van der Waals surface area contributed by atoms with E-state index < -0.39 is 23.1 Å². The summed E-state index contributed by atoms with van der Waals surface area (Å²) < 4.78 is 1.53. The van der Waals surface area contributed by atoms with Crippen LogP contribution >= 0.6 is 22.6 Å². The van der Waals surface area contributed by atoms with Crippen LogP contribution in [0.1, 0.15) is 6.92 Å². The molecule has 0 aromatic carbocycles. The monoisotopic (exact) mass is 324 g/mol. The van der Waals surface area contributed by atoms with Gasteiger partial charge in [-0.3, -0.25) is 19.1 Å². The third-order valence-electron chi connectivity index (χ3n) is 1.86. The number of aromatic nitrogens is 2. The summed E-state index contributed by atoms with van der Waals surface area (Å²) in [4.78, 5) is 35.0. The largest absolute Gasteiger partial charge is 0.481 e. The first-order chi connectivity index (χ1) is 6.91. The molecule has 1 atom stereocenters. The van der Waals surface area contributed by atoms with Crippen LogP contribution in [0.3, 0.4) is 0 Å². The summed E-state index contributed by atoms with van der Waals surface area (Å²) in [5.41, 5.74) is -1.05. The number of nitrogens with zero attached hydrogens (tertiary/aromatic N) is 1. The zero-order valence-corrected chi connectivity index (χ0v) is 10.0. The average molecular weight is 324 g/mol. The Morgan fingerprint density at radius 2 is 2.27 bits per heavy atom. The number of aromatic amines is 1. The van der Waals surface area contributed by atoms with Gasteiger partial charge in [-0.15, -0.1) is 0 Å². The zero-order valence-electron chi connectivity index (χ0n) is 7.86. The maximum Gasteiger partial charge on any atom is 0.328 e. The lowest BCUT2D eigenvalue weighted by Crippen LogP contribution is -2.33. The minimum absolute atomic E-state index is 0.0426. The van der Waals surface area contributed by atoms with Crippen LogP contribution in [0.4, 0.5) is 0 Å². The highest BCUT2D eigenvalue weighted by Crippen LogP contribution is 1.99. The van der Waals surface area contributed by atoms with E-state index in [1.54, 1.807) is 22.6 Å². The predicted molar refractivity (Wildman–Crippen MR) is 60.8 cm³/mol. The number of hydrogen-bond acceptors (Lipinski definition) is 3. The molecule has 2 N–H and O–H groups in total. The number of nitrogens with one attached hydrogen (secondary N) is 1. The summed E-state index contributed by atoms with van der Waals surface area (Å²) in [6.07, 6.45) is 1.35. The van der Waals surface area contributed by atoms with Crippen molar-refractivity contribution in [2.75, 3.05) is 0 Å². The van der Waals surface area contributed by atoms with Crippen LogP contribution in [0.5, 0.6) is 0 Å². The van der Waals surface area contributed by atoms with E-state index in [2.05, 4.69) is 4.98 Å². The molecule has 1 aromatic heterocycles. The minimum Gasteiger partial charge on any atom is -0.481 e. The van der Waals surface area contributed by atoms with E-state index in [9.17, 15) is 14.4 Å². The maximum atomic E-state index is 11.3. The quantitative estimate of drug-likeness (QED) is 0.757. The van der Waals surface area contributed by atoms with Gasteiger partial charge in [-0.2, -0.15) is 0 Å². The Morgan fingerprint density at radius 1 is 1.67 bits per heavy atom. The molecule has 0 fully saturated rings. The molecule has 0 saturated heterocycles. The lowest BCUT2D eigenvalue weighted by molar-refractivity contribution is -0.141. The number of H-pyrrole nitrogens is 1. The van der Waals surface area contributed by atoms with Gasteiger partial charge in [0.05, 0.1) is 9.49 Å². The molecule has 7 heteroatoms. The van der Waals surface area contributed by atoms with E-state index >= 15 is 0 Å². The average Bonchev–Trinajstić information content (AvgIpc) is 2.13. The van der Waals surface area contributed by atoms with Crippen molar-refractivity contribution in [1.29, 1.82) is 0 Å². The number of hydrogen-bond donors (Lipinski definition) is 2. The number of carbonyl (C=O) groups is 1. The molecule has 0 unspecified atom stereocenters. The van der Waals surface area contributed by atoms with Crippen LogP contribution in [-0.2, 0) is 11.3 Å². The molecule has 1 heterocycles. The summed E-state index contributed by atoms with van der Waals surface area (Å²) in [7, 11) is 0. The van der Waals surface area contributed by atoms with Gasteiger partial charge < -0.3 is 5.11 Å². The van der Waals surface area contributed by atoms with Crippen LogP contribution in [0, 0.1) is 9.49 Å². The third-order valence-corrected chi connectivity index (χ3v) is 2.63. The molecule has 15 heavy (non-hydrogen) atoms. The van der Waals surface area contributed by atoms with Crippen molar-refractivity contribution in [2.24, 2.45) is 5.92 Å². The molecule has 1 rings (SSSR count). The van der Waals surface area contributed by atoms with E-state index in [0.29, 0.717) is 3.57 Å². The topological polar surface area (TPSA) is 92.2 Å². The lowest BCUT2D eigenvalue weighted by Gasteiger charge is -2.08. The van der Waals surface area contributed by atoms with Crippen molar-refractivity contribution in [2.45, 2.75) is 13.5 Å². The van der Waals surface area contributed by atoms with E-state index in [0.717, 1.165) is 0 Å². The van der Waals surface area contributed by atoms with Crippen LogP contribution < -0.4 is 11.2 Å². The first-order valence-corrected chi connectivity index (χ1v) is 5.21. The van der Waals surface area contributed by atoms with Crippen LogP contribution in [0.15, 0.2) is 15.8 Å². The molecule has 0 aliphatic heterocycles. The van der Waals surface area contributed by atoms with Crippen molar-refractivity contribution in [3.63, 3.8) is 0 Å². The Balaban J connectivity index is 3.06. The van der Waals surface area contributed by atoms with Crippen LogP contribution in [0.25, 0.3) is 0 Å². The maximum absolute atomic E-state index is 11.3. The Morgan fingerprint density at radius 3 is 2.80 bits per heavy atom. The number of carboxylic acids is 1. The normalized spacial score (nSPS) is 12.4. The van der Waals surface area contributed by atoms with Crippen LogP contribution in [-0.4, -0.2) is 20.6 Å². The fourth-order valence-electron chi connectivity index (χ4n) is 0.991. The SMILES string of the molecule is C[C@@H](Cn1cc(I)c(=O)[nH]c1=O)C(=O)O. The third kappa shape index (κ3) is 2.91. The molecule has 0 amide bonds. The Bertz CT molecular complexity index is 490. The standard InChI is InChI=1S/C8H9IN2O4/c1-4(7(13)14)2-11-3-5(9)6(12)10-8(11)15/h3-4H,2H2,1H3,(H,13,14)(H,10,12,15)/t4-/m0/s1. The summed E-state index contributed by atoms with van der Waals surface area (Å²) in [6.45, 7) is 1.54. The molecular weight excluding hydrogens is 315 g/mol. The Kier molecular flexibility index (Phi) is 3.66.